The lowest BCUT2D eigenvalue weighted by Gasteiger charge is -2.14. The van der Waals surface area contributed by atoms with Gasteiger partial charge in [-0.1, -0.05) is 12.1 Å². The number of aromatic nitrogens is 4. The Bertz CT molecular complexity index is 740. The van der Waals surface area contributed by atoms with E-state index in [0.717, 1.165) is 30.0 Å². The van der Waals surface area contributed by atoms with Gasteiger partial charge in [0.15, 0.2) is 0 Å². The Morgan fingerprint density at radius 2 is 2.05 bits per heavy atom. The number of hydrogen-bond acceptors (Lipinski definition) is 3. The van der Waals surface area contributed by atoms with E-state index in [-0.39, 0.29) is 6.04 Å². The molecule has 1 unspecified atom stereocenters. The highest BCUT2D eigenvalue weighted by atomic mass is 15.3. The molecule has 0 aliphatic rings. The van der Waals surface area contributed by atoms with Crippen molar-refractivity contribution in [3.8, 4) is 0 Å². The molecule has 1 N–H and O–H groups in total. The highest BCUT2D eigenvalue weighted by molar-refractivity contribution is 5.75. The molecule has 3 aromatic rings. The third-order valence-corrected chi connectivity index (χ3v) is 3.88. The van der Waals surface area contributed by atoms with Gasteiger partial charge in [-0.2, -0.15) is 5.10 Å². The molecule has 21 heavy (non-hydrogen) atoms. The van der Waals surface area contributed by atoms with Crippen molar-refractivity contribution >= 4 is 11.0 Å². The van der Waals surface area contributed by atoms with Crippen molar-refractivity contribution in [2.24, 2.45) is 7.05 Å². The van der Waals surface area contributed by atoms with Gasteiger partial charge in [-0.15, -0.1) is 0 Å². The van der Waals surface area contributed by atoms with Gasteiger partial charge in [0.2, 0.25) is 0 Å². The molecule has 0 aliphatic heterocycles. The number of likely N-dealkylation sites (N-methyl/N-ethyl adjacent to an activating group) is 1. The van der Waals surface area contributed by atoms with Gasteiger partial charge in [-0.05, 0) is 32.2 Å². The van der Waals surface area contributed by atoms with Crippen LogP contribution in [0.25, 0.3) is 11.0 Å². The first-order valence-electron chi connectivity index (χ1n) is 7.34. The number of imidazole rings is 1. The Balaban J connectivity index is 1.96. The molecule has 0 saturated heterocycles. The van der Waals surface area contributed by atoms with Crippen LogP contribution in [0.15, 0.2) is 36.5 Å². The summed E-state index contributed by atoms with van der Waals surface area (Å²) in [7, 11) is 3.91. The maximum atomic E-state index is 4.79. The number of rotatable bonds is 5. The maximum Gasteiger partial charge on any atom is 0.111 e. The molecular weight excluding hydrogens is 262 g/mol. The largest absolute Gasteiger partial charge is 0.328 e. The van der Waals surface area contributed by atoms with Gasteiger partial charge in [0.1, 0.15) is 5.82 Å². The minimum Gasteiger partial charge on any atom is -0.328 e. The fourth-order valence-electron chi connectivity index (χ4n) is 2.79. The van der Waals surface area contributed by atoms with Crippen molar-refractivity contribution < 1.29 is 0 Å². The summed E-state index contributed by atoms with van der Waals surface area (Å²) in [6.45, 7) is 3.08. The van der Waals surface area contributed by atoms with Crippen LogP contribution in [0.1, 0.15) is 24.5 Å². The van der Waals surface area contributed by atoms with E-state index in [1.54, 1.807) is 0 Å². The van der Waals surface area contributed by atoms with Crippen molar-refractivity contribution in [1.29, 1.82) is 0 Å². The van der Waals surface area contributed by atoms with Crippen LogP contribution in [0.4, 0.5) is 0 Å². The lowest BCUT2D eigenvalue weighted by Crippen LogP contribution is -2.21. The maximum absolute atomic E-state index is 4.79. The summed E-state index contributed by atoms with van der Waals surface area (Å²) in [4.78, 5) is 4.79. The summed E-state index contributed by atoms with van der Waals surface area (Å²) in [5, 5.41) is 7.85. The number of fused-ring (bicyclic) bond motifs is 1. The number of para-hydroxylation sites is 2. The molecule has 0 amide bonds. The number of benzene rings is 1. The average molecular weight is 283 g/mol. The van der Waals surface area contributed by atoms with Gasteiger partial charge in [-0.3, -0.25) is 4.68 Å². The van der Waals surface area contributed by atoms with Gasteiger partial charge in [0.05, 0.1) is 22.8 Å². The van der Waals surface area contributed by atoms with Crippen LogP contribution in [-0.4, -0.2) is 26.4 Å². The first-order valence-corrected chi connectivity index (χ1v) is 7.34. The third kappa shape index (κ3) is 2.56. The second kappa shape index (κ2) is 5.69. The summed E-state index contributed by atoms with van der Waals surface area (Å²) < 4.78 is 4.12. The Kier molecular flexibility index (Phi) is 3.75. The molecule has 110 valence electrons. The Hall–Kier alpha value is -2.14. The van der Waals surface area contributed by atoms with Crippen LogP contribution < -0.4 is 5.32 Å². The zero-order chi connectivity index (χ0) is 14.8. The molecule has 3 rings (SSSR count). The standard InChI is InChI=1S/C16H21N5/c1-4-21-15-8-6-5-7-13(15)18-16(21)11-14(17-2)12-9-10-20(3)19-12/h5-10,14,17H,4,11H2,1-3H3. The second-order valence-corrected chi connectivity index (χ2v) is 5.22. The lowest BCUT2D eigenvalue weighted by atomic mass is 10.1. The van der Waals surface area contributed by atoms with Crippen LogP contribution in [0.2, 0.25) is 0 Å². The molecule has 5 nitrogen and oxygen atoms in total. The molecule has 0 fully saturated rings. The molecule has 0 radical (unpaired) electrons. The summed E-state index contributed by atoms with van der Waals surface area (Å²) >= 11 is 0. The van der Waals surface area contributed by atoms with Gasteiger partial charge in [-0.25, -0.2) is 4.98 Å². The van der Waals surface area contributed by atoms with Crippen molar-refractivity contribution in [1.82, 2.24) is 24.6 Å². The Morgan fingerprint density at radius 1 is 1.24 bits per heavy atom. The van der Waals surface area contributed by atoms with E-state index >= 15 is 0 Å². The summed E-state index contributed by atoms with van der Waals surface area (Å²) in [6.07, 6.45) is 2.80. The number of hydrogen-bond donors (Lipinski definition) is 1. The van der Waals surface area contributed by atoms with Gasteiger partial charge in [0, 0.05) is 26.2 Å². The fourth-order valence-corrected chi connectivity index (χ4v) is 2.79. The predicted octanol–water partition coefficient (Wildman–Crippen LogP) is 2.29. The molecule has 0 bridgehead atoms. The molecule has 0 spiro atoms. The van der Waals surface area contributed by atoms with E-state index in [1.807, 2.05) is 31.0 Å². The highest BCUT2D eigenvalue weighted by Crippen LogP contribution is 2.21. The molecular formula is C16H21N5. The Labute approximate surface area is 124 Å². The van der Waals surface area contributed by atoms with Crippen molar-refractivity contribution in [3.05, 3.63) is 48.0 Å². The van der Waals surface area contributed by atoms with E-state index in [0.29, 0.717) is 0 Å². The zero-order valence-corrected chi connectivity index (χ0v) is 12.7. The zero-order valence-electron chi connectivity index (χ0n) is 12.7. The average Bonchev–Trinajstić information content (AvgIpc) is 3.07. The van der Waals surface area contributed by atoms with Crippen molar-refractivity contribution in [2.75, 3.05) is 7.05 Å². The van der Waals surface area contributed by atoms with Crippen LogP contribution in [-0.2, 0) is 20.0 Å². The van der Waals surface area contributed by atoms with Crippen LogP contribution in [0.5, 0.6) is 0 Å². The van der Waals surface area contributed by atoms with Crippen LogP contribution in [0.3, 0.4) is 0 Å². The number of aryl methyl sites for hydroxylation is 2. The molecule has 1 atom stereocenters. The van der Waals surface area contributed by atoms with E-state index in [2.05, 4.69) is 46.2 Å². The minimum absolute atomic E-state index is 0.174. The van der Waals surface area contributed by atoms with E-state index < -0.39 is 0 Å². The van der Waals surface area contributed by atoms with Gasteiger partial charge >= 0.3 is 0 Å². The molecule has 5 heteroatoms. The van der Waals surface area contributed by atoms with E-state index in [1.165, 1.54) is 5.52 Å². The smallest absolute Gasteiger partial charge is 0.111 e. The minimum atomic E-state index is 0.174. The first kappa shape index (κ1) is 13.8. The van der Waals surface area contributed by atoms with Crippen LogP contribution in [0, 0.1) is 0 Å². The fraction of sp³-hybridized carbons (Fsp3) is 0.375. The quantitative estimate of drug-likeness (QED) is 0.781. The van der Waals surface area contributed by atoms with Gasteiger partial charge in [0.25, 0.3) is 0 Å². The molecule has 2 heterocycles. The van der Waals surface area contributed by atoms with Crippen molar-refractivity contribution in [2.45, 2.75) is 25.9 Å². The number of nitrogens with one attached hydrogen (secondary N) is 1. The summed E-state index contributed by atoms with van der Waals surface area (Å²) in [5.74, 6) is 1.10. The Morgan fingerprint density at radius 3 is 2.71 bits per heavy atom. The van der Waals surface area contributed by atoms with E-state index in [9.17, 15) is 0 Å². The van der Waals surface area contributed by atoms with E-state index in [4.69, 9.17) is 4.98 Å². The molecule has 2 aromatic heterocycles. The summed E-state index contributed by atoms with van der Waals surface area (Å²) in [5.41, 5.74) is 3.31. The summed E-state index contributed by atoms with van der Waals surface area (Å²) in [6, 6.07) is 10.5. The SMILES string of the molecule is CCn1c(CC(NC)c2ccn(C)n2)nc2ccccc21. The molecule has 0 aliphatic carbocycles. The monoisotopic (exact) mass is 283 g/mol. The van der Waals surface area contributed by atoms with Crippen molar-refractivity contribution in [3.63, 3.8) is 0 Å². The molecule has 0 saturated carbocycles. The topological polar surface area (TPSA) is 47.7 Å². The first-order chi connectivity index (χ1) is 10.2. The normalized spacial score (nSPS) is 12.9. The second-order valence-electron chi connectivity index (χ2n) is 5.22. The van der Waals surface area contributed by atoms with Gasteiger partial charge < -0.3 is 9.88 Å². The lowest BCUT2D eigenvalue weighted by molar-refractivity contribution is 0.535. The molecule has 1 aromatic carbocycles. The third-order valence-electron chi connectivity index (χ3n) is 3.88. The highest BCUT2D eigenvalue weighted by Gasteiger charge is 2.17. The predicted molar refractivity (Wildman–Crippen MR) is 84.1 cm³/mol. The van der Waals surface area contributed by atoms with Crippen LogP contribution >= 0.6 is 0 Å². The number of nitrogens with zero attached hydrogens (tertiary/aromatic N) is 4.